The van der Waals surface area contributed by atoms with Gasteiger partial charge in [-0.25, -0.2) is 0 Å². The average Bonchev–Trinajstić information content (AvgIpc) is 2.35. The summed E-state index contributed by atoms with van der Waals surface area (Å²) < 4.78 is 0. The lowest BCUT2D eigenvalue weighted by Gasteiger charge is -2.35. The molecule has 0 fully saturated rings. The molecule has 0 amide bonds. The van der Waals surface area contributed by atoms with Crippen LogP contribution in [0.5, 0.6) is 0 Å². The van der Waals surface area contributed by atoms with Crippen molar-refractivity contribution in [2.45, 2.75) is 91.9 Å². The molecular formula is C20H36P2. The Hall–Kier alpha value is 0.0800. The molecule has 0 heterocycles. The molecule has 126 valence electrons. The highest BCUT2D eigenvalue weighted by atomic mass is 31.1. The van der Waals surface area contributed by atoms with Crippen molar-refractivity contribution in [3.8, 4) is 0 Å². The quantitative estimate of drug-likeness (QED) is 0.546. The minimum absolute atomic E-state index is 0.0889. The largest absolute Gasteiger partial charge is 0.0694 e. The van der Waals surface area contributed by atoms with E-state index in [-0.39, 0.29) is 15.8 Å². The van der Waals surface area contributed by atoms with Crippen LogP contribution in [-0.2, 0) is 0 Å². The van der Waals surface area contributed by atoms with Gasteiger partial charge in [0.1, 0.15) is 0 Å². The Kier molecular flexibility index (Phi) is 7.56. The number of benzene rings is 1. The zero-order valence-corrected chi connectivity index (χ0v) is 18.1. The average molecular weight is 338 g/mol. The van der Waals surface area contributed by atoms with E-state index in [4.69, 9.17) is 0 Å². The maximum Gasteiger partial charge on any atom is -0.0127 e. The summed E-state index contributed by atoms with van der Waals surface area (Å²) in [5.41, 5.74) is 6.06. The summed E-state index contributed by atoms with van der Waals surface area (Å²) in [6.45, 7) is 24.0. The summed E-state index contributed by atoms with van der Waals surface area (Å²) >= 11 is 0. The van der Waals surface area contributed by atoms with Gasteiger partial charge in [-0.15, -0.1) is 0 Å². The van der Waals surface area contributed by atoms with Crippen molar-refractivity contribution in [2.24, 2.45) is 0 Å². The van der Waals surface area contributed by atoms with Gasteiger partial charge in [-0.2, -0.15) is 0 Å². The highest BCUT2D eigenvalue weighted by molar-refractivity contribution is 7.73. The van der Waals surface area contributed by atoms with Crippen molar-refractivity contribution >= 4 is 26.5 Å². The van der Waals surface area contributed by atoms with Crippen LogP contribution in [0.2, 0.25) is 0 Å². The third kappa shape index (κ3) is 4.33. The minimum atomic E-state index is -0.0974. The molecule has 1 aromatic rings. The summed E-state index contributed by atoms with van der Waals surface area (Å²) in [6, 6.07) is 4.84. The number of rotatable bonds is 6. The highest BCUT2D eigenvalue weighted by Gasteiger charge is 2.29. The Morgan fingerprint density at radius 2 is 1.05 bits per heavy atom. The molecule has 0 spiro atoms. The van der Waals surface area contributed by atoms with Crippen LogP contribution < -0.4 is 10.6 Å². The number of aryl methyl sites for hydroxylation is 1. The highest BCUT2D eigenvalue weighted by Crippen LogP contribution is 2.51. The van der Waals surface area contributed by atoms with Gasteiger partial charge in [-0.1, -0.05) is 83.4 Å². The molecule has 1 rings (SSSR count). The van der Waals surface area contributed by atoms with Gasteiger partial charge in [0.25, 0.3) is 0 Å². The van der Waals surface area contributed by atoms with Crippen LogP contribution in [0.4, 0.5) is 0 Å². The van der Waals surface area contributed by atoms with E-state index >= 15 is 0 Å². The van der Waals surface area contributed by atoms with E-state index in [1.165, 1.54) is 5.56 Å². The van der Waals surface area contributed by atoms with Gasteiger partial charge in [0.05, 0.1) is 0 Å². The molecule has 0 radical (unpaired) electrons. The molecule has 0 aliphatic heterocycles. The second kappa shape index (κ2) is 8.26. The Balaban J connectivity index is 3.62. The fourth-order valence-electron chi connectivity index (χ4n) is 3.59. The van der Waals surface area contributed by atoms with Gasteiger partial charge in [0.2, 0.25) is 0 Å². The Morgan fingerprint density at radius 1 is 0.636 bits per heavy atom. The second-order valence-electron chi connectivity index (χ2n) is 7.56. The molecule has 0 bridgehead atoms. The lowest BCUT2D eigenvalue weighted by atomic mass is 10.1. The molecule has 0 aromatic heterocycles. The minimum Gasteiger partial charge on any atom is -0.0694 e. The first-order valence-corrected chi connectivity index (χ1v) is 11.7. The van der Waals surface area contributed by atoms with Crippen LogP contribution in [0.3, 0.4) is 0 Å². The van der Waals surface area contributed by atoms with Crippen LogP contribution in [0.1, 0.15) is 66.5 Å². The Morgan fingerprint density at radius 3 is 1.41 bits per heavy atom. The first-order valence-electron chi connectivity index (χ1n) is 8.76. The van der Waals surface area contributed by atoms with E-state index in [0.717, 1.165) is 22.6 Å². The molecule has 0 saturated heterocycles. The van der Waals surface area contributed by atoms with Crippen molar-refractivity contribution in [3.63, 3.8) is 0 Å². The van der Waals surface area contributed by atoms with Gasteiger partial charge in [0.15, 0.2) is 0 Å². The number of hydrogen-bond donors (Lipinski definition) is 0. The molecule has 0 aliphatic rings. The van der Waals surface area contributed by atoms with Crippen molar-refractivity contribution in [1.29, 1.82) is 0 Å². The SMILES string of the molecule is Cc1ccc(P(C(C)C)C(C)C)c(P(C(C)C)C(C)C)c1C. The van der Waals surface area contributed by atoms with E-state index in [9.17, 15) is 0 Å². The summed E-state index contributed by atoms with van der Waals surface area (Å²) in [7, 11) is -0.186. The predicted molar refractivity (Wildman–Crippen MR) is 110 cm³/mol. The first-order chi connectivity index (χ1) is 10.1. The third-order valence-corrected chi connectivity index (χ3v) is 11.1. The van der Waals surface area contributed by atoms with Crippen LogP contribution in [0.25, 0.3) is 0 Å². The van der Waals surface area contributed by atoms with E-state index in [1.807, 2.05) is 0 Å². The molecule has 0 saturated carbocycles. The molecule has 0 atom stereocenters. The van der Waals surface area contributed by atoms with Crippen LogP contribution in [-0.4, -0.2) is 22.6 Å². The lowest BCUT2D eigenvalue weighted by molar-refractivity contribution is 1.01. The lowest BCUT2D eigenvalue weighted by Crippen LogP contribution is -2.33. The monoisotopic (exact) mass is 338 g/mol. The summed E-state index contributed by atoms with van der Waals surface area (Å²) in [5.74, 6) is 0. The molecule has 0 nitrogen and oxygen atoms in total. The van der Waals surface area contributed by atoms with Crippen molar-refractivity contribution in [1.82, 2.24) is 0 Å². The zero-order valence-electron chi connectivity index (χ0n) is 16.4. The zero-order chi connectivity index (χ0) is 17.2. The fraction of sp³-hybridized carbons (Fsp3) is 0.700. The van der Waals surface area contributed by atoms with Crippen LogP contribution in [0.15, 0.2) is 12.1 Å². The van der Waals surface area contributed by atoms with E-state index in [1.54, 1.807) is 16.2 Å². The van der Waals surface area contributed by atoms with Crippen LogP contribution in [0, 0.1) is 13.8 Å². The molecule has 2 heteroatoms. The summed E-state index contributed by atoms with van der Waals surface area (Å²) in [5, 5.41) is 3.45. The number of hydrogen-bond acceptors (Lipinski definition) is 0. The first kappa shape index (κ1) is 20.1. The topological polar surface area (TPSA) is 0 Å². The standard InChI is InChI=1S/C20H36P2/c1-13(2)21(14(3)4)19-12-11-17(9)18(10)20(19)22(15(5)6)16(7)8/h11-16H,1-10H3. The van der Waals surface area contributed by atoms with Gasteiger partial charge in [-0.05, 0) is 58.2 Å². The maximum absolute atomic E-state index is 2.48. The Labute approximate surface area is 142 Å². The smallest absolute Gasteiger partial charge is 0.0127 e. The van der Waals surface area contributed by atoms with Gasteiger partial charge < -0.3 is 0 Å². The van der Waals surface area contributed by atoms with Crippen molar-refractivity contribution in [3.05, 3.63) is 23.3 Å². The Bertz CT molecular complexity index is 471. The normalized spacial score (nSPS) is 12.7. The second-order valence-corrected chi connectivity index (χ2v) is 14.3. The van der Waals surface area contributed by atoms with E-state index in [2.05, 4.69) is 81.4 Å². The molecule has 1 aromatic carbocycles. The van der Waals surface area contributed by atoms with Gasteiger partial charge in [-0.3, -0.25) is 0 Å². The fourth-order valence-corrected chi connectivity index (χ4v) is 10.4. The summed E-state index contributed by atoms with van der Waals surface area (Å²) in [6.07, 6.45) is 0. The molecule has 0 aliphatic carbocycles. The van der Waals surface area contributed by atoms with Gasteiger partial charge >= 0.3 is 0 Å². The molecular weight excluding hydrogens is 302 g/mol. The maximum atomic E-state index is 2.48. The van der Waals surface area contributed by atoms with E-state index < -0.39 is 0 Å². The van der Waals surface area contributed by atoms with Crippen molar-refractivity contribution in [2.75, 3.05) is 0 Å². The van der Waals surface area contributed by atoms with Gasteiger partial charge in [0, 0.05) is 0 Å². The third-order valence-electron chi connectivity index (χ3n) is 4.44. The molecule has 22 heavy (non-hydrogen) atoms. The molecule has 0 N–H and O–H groups in total. The van der Waals surface area contributed by atoms with Crippen LogP contribution >= 0.6 is 15.8 Å². The predicted octanol–water partition coefficient (Wildman–Crippen LogP) is 6.15. The summed E-state index contributed by atoms with van der Waals surface area (Å²) in [4.78, 5) is 0. The molecule has 0 unspecified atom stereocenters. The van der Waals surface area contributed by atoms with E-state index in [0.29, 0.717) is 0 Å². The van der Waals surface area contributed by atoms with Crippen molar-refractivity contribution < 1.29 is 0 Å².